The number of anilines is 1. The zero-order chi connectivity index (χ0) is 19.9. The van der Waals surface area contributed by atoms with Crippen molar-refractivity contribution in [1.82, 2.24) is 15.2 Å². The molecular formula is C20H21F3N4S. The maximum absolute atomic E-state index is 13.4. The molecule has 4 rings (SSSR count). The Labute approximate surface area is 165 Å². The van der Waals surface area contributed by atoms with E-state index in [1.54, 1.807) is 0 Å². The lowest BCUT2D eigenvalue weighted by atomic mass is 9.96. The van der Waals surface area contributed by atoms with Crippen molar-refractivity contribution in [2.24, 2.45) is 11.8 Å². The topological polar surface area (TPSA) is 50.7 Å². The Morgan fingerprint density at radius 1 is 1.21 bits per heavy atom. The summed E-state index contributed by atoms with van der Waals surface area (Å²) in [6.07, 6.45) is 1.17. The monoisotopic (exact) mass is 406 g/mol. The van der Waals surface area contributed by atoms with Crippen molar-refractivity contribution >= 4 is 27.2 Å². The molecule has 0 saturated heterocycles. The average Bonchev–Trinajstić information content (AvgIpc) is 3.28. The van der Waals surface area contributed by atoms with Crippen LogP contribution in [0.25, 0.3) is 21.3 Å². The highest BCUT2D eigenvalue weighted by Gasteiger charge is 2.35. The Morgan fingerprint density at radius 2 is 2.04 bits per heavy atom. The number of thiophene rings is 1. The number of rotatable bonds is 4. The van der Waals surface area contributed by atoms with Crippen molar-refractivity contribution in [3.63, 3.8) is 0 Å². The normalized spacial score (nSPS) is 22.7. The van der Waals surface area contributed by atoms with Gasteiger partial charge >= 0.3 is 6.18 Å². The fraction of sp³-hybridized carbons (Fsp3) is 0.450. The van der Waals surface area contributed by atoms with Gasteiger partial charge in [0, 0.05) is 29.4 Å². The van der Waals surface area contributed by atoms with Gasteiger partial charge in [0.15, 0.2) is 5.82 Å². The molecule has 3 atom stereocenters. The van der Waals surface area contributed by atoms with Crippen molar-refractivity contribution in [2.75, 3.05) is 5.32 Å². The summed E-state index contributed by atoms with van der Waals surface area (Å²) in [5, 5.41) is 14.6. The summed E-state index contributed by atoms with van der Waals surface area (Å²) in [5.74, 6) is 1.98. The first-order valence-electron chi connectivity index (χ1n) is 9.40. The van der Waals surface area contributed by atoms with Gasteiger partial charge in [-0.3, -0.25) is 4.98 Å². The molecule has 1 aliphatic carbocycles. The maximum atomic E-state index is 13.4. The first kappa shape index (κ1) is 19.1. The van der Waals surface area contributed by atoms with Crippen LogP contribution in [0, 0.1) is 11.8 Å². The molecule has 0 spiro atoms. The molecule has 3 aromatic heterocycles. The third-order valence-electron chi connectivity index (χ3n) is 5.68. The number of alkyl halides is 3. The fourth-order valence-electron chi connectivity index (χ4n) is 4.21. The first-order valence-corrected chi connectivity index (χ1v) is 10.3. The van der Waals surface area contributed by atoms with Crippen LogP contribution in [0.5, 0.6) is 0 Å². The van der Waals surface area contributed by atoms with E-state index in [2.05, 4.69) is 34.3 Å². The molecule has 8 heteroatoms. The molecule has 0 amide bonds. The summed E-state index contributed by atoms with van der Waals surface area (Å²) in [7, 11) is 0. The van der Waals surface area contributed by atoms with E-state index in [0.717, 1.165) is 36.9 Å². The number of aromatic nitrogens is 3. The summed E-state index contributed by atoms with van der Waals surface area (Å²) in [5.41, 5.74) is -0.563. The van der Waals surface area contributed by atoms with Crippen LogP contribution < -0.4 is 5.32 Å². The van der Waals surface area contributed by atoms with Crippen LogP contribution in [-0.2, 0) is 6.18 Å². The van der Waals surface area contributed by atoms with E-state index in [1.807, 2.05) is 11.4 Å². The van der Waals surface area contributed by atoms with E-state index in [4.69, 9.17) is 0 Å². The van der Waals surface area contributed by atoms with Crippen LogP contribution in [0.3, 0.4) is 0 Å². The van der Waals surface area contributed by atoms with Gasteiger partial charge in [0.2, 0.25) is 0 Å². The van der Waals surface area contributed by atoms with Crippen LogP contribution in [0.15, 0.2) is 29.9 Å². The number of nitrogens with zero attached hydrogens (tertiary/aromatic N) is 3. The van der Waals surface area contributed by atoms with Gasteiger partial charge < -0.3 is 5.32 Å². The van der Waals surface area contributed by atoms with Crippen molar-refractivity contribution < 1.29 is 13.2 Å². The summed E-state index contributed by atoms with van der Waals surface area (Å²) in [6, 6.07) is 3.18. The summed E-state index contributed by atoms with van der Waals surface area (Å²) in [6.45, 7) is 4.48. The van der Waals surface area contributed by atoms with E-state index in [-0.39, 0.29) is 11.3 Å². The quantitative estimate of drug-likeness (QED) is 0.577. The van der Waals surface area contributed by atoms with Gasteiger partial charge in [0.1, 0.15) is 5.69 Å². The molecule has 0 radical (unpaired) electrons. The van der Waals surface area contributed by atoms with Gasteiger partial charge in [0.25, 0.3) is 0 Å². The van der Waals surface area contributed by atoms with Crippen LogP contribution in [0.1, 0.15) is 38.7 Å². The summed E-state index contributed by atoms with van der Waals surface area (Å²) in [4.78, 5) is 3.88. The molecule has 1 aliphatic rings. The Hall–Kier alpha value is -2.22. The fourth-order valence-corrected chi connectivity index (χ4v) is 5.10. The highest BCUT2D eigenvalue weighted by Crippen LogP contribution is 2.41. The molecule has 0 bridgehead atoms. The Kier molecular flexibility index (Phi) is 4.99. The number of hydrogen-bond donors (Lipinski definition) is 1. The van der Waals surface area contributed by atoms with E-state index < -0.39 is 11.7 Å². The van der Waals surface area contributed by atoms with Gasteiger partial charge in [-0.05, 0) is 42.2 Å². The summed E-state index contributed by atoms with van der Waals surface area (Å²) < 4.78 is 41.0. The Balaban J connectivity index is 1.72. The molecule has 1 N–H and O–H groups in total. The van der Waals surface area contributed by atoms with Crippen molar-refractivity contribution in [3.05, 3.63) is 35.5 Å². The second-order valence-corrected chi connectivity index (χ2v) is 8.35. The second kappa shape index (κ2) is 7.31. The van der Waals surface area contributed by atoms with Crippen molar-refractivity contribution in [3.8, 4) is 11.3 Å². The van der Waals surface area contributed by atoms with E-state index in [9.17, 15) is 13.2 Å². The van der Waals surface area contributed by atoms with Gasteiger partial charge in [-0.25, -0.2) is 0 Å². The van der Waals surface area contributed by atoms with Crippen LogP contribution in [0.2, 0.25) is 0 Å². The van der Waals surface area contributed by atoms with Gasteiger partial charge in [-0.1, -0.05) is 20.3 Å². The largest absolute Gasteiger partial charge is 0.417 e. The number of halogens is 3. The van der Waals surface area contributed by atoms with Crippen LogP contribution in [-0.4, -0.2) is 21.2 Å². The molecule has 0 aromatic carbocycles. The van der Waals surface area contributed by atoms with Crippen molar-refractivity contribution in [2.45, 2.75) is 45.3 Å². The lowest BCUT2D eigenvalue weighted by Gasteiger charge is -2.16. The number of hydrogen-bond acceptors (Lipinski definition) is 5. The molecule has 3 aromatic rings. The van der Waals surface area contributed by atoms with Gasteiger partial charge in [0.05, 0.1) is 10.3 Å². The molecule has 3 heterocycles. The Bertz CT molecular complexity index is 985. The van der Waals surface area contributed by atoms with Crippen LogP contribution in [0.4, 0.5) is 19.0 Å². The predicted octanol–water partition coefficient (Wildman–Crippen LogP) is 6.01. The number of pyridine rings is 1. The average molecular weight is 406 g/mol. The molecule has 4 nitrogen and oxygen atoms in total. The van der Waals surface area contributed by atoms with E-state index in [1.165, 1.54) is 17.5 Å². The van der Waals surface area contributed by atoms with Crippen molar-refractivity contribution in [1.29, 1.82) is 0 Å². The van der Waals surface area contributed by atoms with E-state index in [0.29, 0.717) is 28.4 Å². The number of nitrogens with one attached hydrogen (secondary N) is 1. The zero-order valence-electron chi connectivity index (χ0n) is 15.6. The molecular weight excluding hydrogens is 385 g/mol. The van der Waals surface area contributed by atoms with E-state index >= 15 is 0 Å². The van der Waals surface area contributed by atoms with Gasteiger partial charge in [-0.15, -0.1) is 21.5 Å². The Morgan fingerprint density at radius 3 is 2.75 bits per heavy atom. The standard InChI is InChI=1S/C20H21F3N4S/c1-3-12-9-13(8-11(12)2)25-19-14-5-7-28-18(14)17(26-27-19)15-10-24-6-4-16(15)20(21,22)23/h4-7,10-13H,3,8-9H2,1-2H3,(H,25,27)/t11-,12+,13-/m1/s1. The predicted molar refractivity (Wildman–Crippen MR) is 105 cm³/mol. The smallest absolute Gasteiger partial charge is 0.365 e. The second-order valence-electron chi connectivity index (χ2n) is 7.44. The number of fused-ring (bicyclic) bond motifs is 1. The molecule has 0 unspecified atom stereocenters. The zero-order valence-corrected chi connectivity index (χ0v) is 16.4. The molecule has 1 fully saturated rings. The molecule has 148 valence electrons. The minimum absolute atomic E-state index is 0.0398. The lowest BCUT2D eigenvalue weighted by molar-refractivity contribution is -0.137. The third-order valence-corrected chi connectivity index (χ3v) is 6.60. The lowest BCUT2D eigenvalue weighted by Crippen LogP contribution is -2.17. The summed E-state index contributed by atoms with van der Waals surface area (Å²) >= 11 is 1.37. The third kappa shape index (κ3) is 3.45. The molecule has 0 aliphatic heterocycles. The van der Waals surface area contributed by atoms with Crippen LogP contribution >= 0.6 is 11.3 Å². The maximum Gasteiger partial charge on any atom is 0.417 e. The SMILES string of the molecule is CC[C@H]1C[C@H](Nc2nnc(-c3cnccc3C(F)(F)F)c3sccc23)C[C@H]1C. The minimum atomic E-state index is -4.48. The van der Waals surface area contributed by atoms with Gasteiger partial charge in [-0.2, -0.15) is 13.2 Å². The molecule has 28 heavy (non-hydrogen) atoms. The highest BCUT2D eigenvalue weighted by atomic mass is 32.1. The highest BCUT2D eigenvalue weighted by molar-refractivity contribution is 7.17. The minimum Gasteiger partial charge on any atom is -0.365 e. The molecule has 1 saturated carbocycles. The first-order chi connectivity index (χ1) is 13.4.